The smallest absolute Gasteiger partial charge is 0.322 e. The van der Waals surface area contributed by atoms with Gasteiger partial charge in [0, 0.05) is 12.5 Å². The van der Waals surface area contributed by atoms with E-state index < -0.39 is 12.0 Å². The molecule has 0 saturated heterocycles. The van der Waals surface area contributed by atoms with Gasteiger partial charge in [-0.05, 0) is 11.6 Å². The van der Waals surface area contributed by atoms with Gasteiger partial charge in [-0.3, -0.25) is 4.79 Å². The van der Waals surface area contributed by atoms with Crippen LogP contribution < -0.4 is 10.5 Å². The van der Waals surface area contributed by atoms with Crippen molar-refractivity contribution in [2.24, 2.45) is 5.73 Å². The summed E-state index contributed by atoms with van der Waals surface area (Å²) in [7, 11) is 2.78. The third-order valence-corrected chi connectivity index (χ3v) is 2.24. The average molecular weight is 225 g/mol. The molecule has 1 rings (SSSR count). The Morgan fingerprint density at radius 2 is 2.19 bits per heavy atom. The highest BCUT2D eigenvalue weighted by Gasteiger charge is 2.16. The summed E-state index contributed by atoms with van der Waals surface area (Å²) in [5, 5.41) is 9.64. The van der Waals surface area contributed by atoms with Gasteiger partial charge in [0.1, 0.15) is 17.5 Å². The Labute approximate surface area is 93.8 Å². The minimum Gasteiger partial charge on any atom is -0.508 e. The number of nitrogens with two attached hydrogens (primary N) is 1. The second-order valence-corrected chi connectivity index (χ2v) is 3.33. The molecule has 1 aromatic carbocycles. The number of carbonyl (C=O) groups excluding carboxylic acids is 1. The predicted molar refractivity (Wildman–Crippen MR) is 58.4 cm³/mol. The van der Waals surface area contributed by atoms with Crippen molar-refractivity contribution in [3.8, 4) is 11.5 Å². The molecule has 0 bridgehead atoms. The van der Waals surface area contributed by atoms with Crippen LogP contribution in [-0.2, 0) is 16.0 Å². The molecule has 0 heterocycles. The minimum atomic E-state index is -0.774. The quantitative estimate of drug-likeness (QED) is 0.727. The second-order valence-electron chi connectivity index (χ2n) is 3.33. The number of phenolic OH excluding ortho intramolecular Hbond substituents is 1. The lowest BCUT2D eigenvalue weighted by atomic mass is 10.1. The van der Waals surface area contributed by atoms with Gasteiger partial charge in [0.15, 0.2) is 0 Å². The number of benzene rings is 1. The normalized spacial score (nSPS) is 11.9. The molecule has 0 fully saturated rings. The van der Waals surface area contributed by atoms with Crippen LogP contribution in [0.15, 0.2) is 18.2 Å². The third kappa shape index (κ3) is 2.87. The minimum absolute atomic E-state index is 0.0544. The molecule has 0 saturated carbocycles. The van der Waals surface area contributed by atoms with Crippen molar-refractivity contribution in [1.82, 2.24) is 0 Å². The average Bonchev–Trinajstić information content (AvgIpc) is 2.30. The molecular formula is C11H15NO4. The molecule has 0 aliphatic heterocycles. The summed E-state index contributed by atoms with van der Waals surface area (Å²) < 4.78 is 9.44. The van der Waals surface area contributed by atoms with Gasteiger partial charge >= 0.3 is 5.97 Å². The standard InChI is InChI=1S/C11H15NO4/c1-15-8-4-3-7(10(13)6-8)5-9(12)11(14)16-2/h3-4,6,9,13H,5,12H2,1-2H3. The first-order valence-corrected chi connectivity index (χ1v) is 4.77. The third-order valence-electron chi connectivity index (χ3n) is 2.24. The van der Waals surface area contributed by atoms with Crippen LogP contribution >= 0.6 is 0 Å². The molecule has 1 unspecified atom stereocenters. The molecule has 88 valence electrons. The highest BCUT2D eigenvalue weighted by Crippen LogP contribution is 2.24. The highest BCUT2D eigenvalue weighted by atomic mass is 16.5. The molecule has 0 radical (unpaired) electrons. The Kier molecular flexibility index (Phi) is 4.13. The Morgan fingerprint density at radius 3 is 2.69 bits per heavy atom. The van der Waals surface area contributed by atoms with Gasteiger partial charge in [0.25, 0.3) is 0 Å². The monoisotopic (exact) mass is 225 g/mol. The van der Waals surface area contributed by atoms with Crippen molar-refractivity contribution in [3.05, 3.63) is 23.8 Å². The summed E-state index contributed by atoms with van der Waals surface area (Å²) in [4.78, 5) is 11.1. The van der Waals surface area contributed by atoms with Gasteiger partial charge in [0.2, 0.25) is 0 Å². The number of ether oxygens (including phenoxy) is 2. The summed E-state index contributed by atoms with van der Waals surface area (Å²) in [6.07, 6.45) is 0.225. The van der Waals surface area contributed by atoms with Crippen LogP contribution in [-0.4, -0.2) is 31.3 Å². The lowest BCUT2D eigenvalue weighted by molar-refractivity contribution is -0.142. The number of phenols is 1. The van der Waals surface area contributed by atoms with E-state index in [9.17, 15) is 9.90 Å². The summed E-state index contributed by atoms with van der Waals surface area (Å²) in [5.41, 5.74) is 6.16. The summed E-state index contributed by atoms with van der Waals surface area (Å²) in [6, 6.07) is 4.05. The van der Waals surface area contributed by atoms with Crippen molar-refractivity contribution in [2.75, 3.05) is 14.2 Å². The fourth-order valence-corrected chi connectivity index (χ4v) is 1.31. The number of carbonyl (C=O) groups is 1. The molecule has 0 amide bonds. The van der Waals surface area contributed by atoms with Crippen molar-refractivity contribution in [1.29, 1.82) is 0 Å². The molecular weight excluding hydrogens is 210 g/mol. The first-order chi connectivity index (χ1) is 7.58. The zero-order chi connectivity index (χ0) is 12.1. The summed E-state index contributed by atoms with van der Waals surface area (Å²) >= 11 is 0. The van der Waals surface area contributed by atoms with Crippen LogP contribution in [0.25, 0.3) is 0 Å². The van der Waals surface area contributed by atoms with Crippen LogP contribution in [0.2, 0.25) is 0 Å². The number of rotatable bonds is 4. The predicted octanol–water partition coefficient (Wildman–Crippen LogP) is 0.444. The van der Waals surface area contributed by atoms with Gasteiger partial charge in [-0.1, -0.05) is 6.07 Å². The SMILES string of the molecule is COC(=O)C(N)Cc1ccc(OC)cc1O. The molecule has 0 aliphatic carbocycles. The molecule has 0 aromatic heterocycles. The largest absolute Gasteiger partial charge is 0.508 e. The Morgan fingerprint density at radius 1 is 1.50 bits per heavy atom. The lowest BCUT2D eigenvalue weighted by Crippen LogP contribution is -2.33. The molecule has 0 spiro atoms. The van der Waals surface area contributed by atoms with Crippen molar-refractivity contribution >= 4 is 5.97 Å². The fraction of sp³-hybridized carbons (Fsp3) is 0.364. The zero-order valence-corrected chi connectivity index (χ0v) is 9.27. The van der Waals surface area contributed by atoms with E-state index in [4.69, 9.17) is 10.5 Å². The molecule has 5 nitrogen and oxygen atoms in total. The van der Waals surface area contributed by atoms with E-state index in [-0.39, 0.29) is 12.2 Å². The van der Waals surface area contributed by atoms with Gasteiger partial charge < -0.3 is 20.3 Å². The topological polar surface area (TPSA) is 81.8 Å². The number of esters is 1. The molecule has 3 N–H and O–H groups in total. The number of methoxy groups -OCH3 is 2. The highest BCUT2D eigenvalue weighted by molar-refractivity contribution is 5.75. The van der Waals surface area contributed by atoms with Gasteiger partial charge in [-0.25, -0.2) is 0 Å². The van der Waals surface area contributed by atoms with Crippen molar-refractivity contribution < 1.29 is 19.4 Å². The van der Waals surface area contributed by atoms with E-state index in [0.717, 1.165) is 0 Å². The maximum absolute atomic E-state index is 11.1. The van der Waals surface area contributed by atoms with Crippen LogP contribution in [0.3, 0.4) is 0 Å². The van der Waals surface area contributed by atoms with Crippen molar-refractivity contribution in [3.63, 3.8) is 0 Å². The van der Waals surface area contributed by atoms with E-state index in [1.165, 1.54) is 20.3 Å². The Bertz CT molecular complexity index is 378. The van der Waals surface area contributed by atoms with Crippen LogP contribution in [0.1, 0.15) is 5.56 Å². The maximum atomic E-state index is 11.1. The van der Waals surface area contributed by atoms with Gasteiger partial charge in [0.05, 0.1) is 14.2 Å². The number of hydrogen-bond acceptors (Lipinski definition) is 5. The summed E-state index contributed by atoms with van der Waals surface area (Å²) in [6.45, 7) is 0. The second kappa shape index (κ2) is 5.37. The Balaban J connectivity index is 2.78. The van der Waals surface area contributed by atoms with E-state index in [0.29, 0.717) is 11.3 Å². The van der Waals surface area contributed by atoms with E-state index in [1.54, 1.807) is 12.1 Å². The van der Waals surface area contributed by atoms with Gasteiger partial charge in [-0.2, -0.15) is 0 Å². The lowest BCUT2D eigenvalue weighted by Gasteiger charge is -2.11. The van der Waals surface area contributed by atoms with E-state index >= 15 is 0 Å². The van der Waals surface area contributed by atoms with Crippen LogP contribution in [0.4, 0.5) is 0 Å². The van der Waals surface area contributed by atoms with Gasteiger partial charge in [-0.15, -0.1) is 0 Å². The van der Waals surface area contributed by atoms with E-state index in [2.05, 4.69) is 4.74 Å². The zero-order valence-electron chi connectivity index (χ0n) is 9.27. The van der Waals surface area contributed by atoms with Crippen LogP contribution in [0.5, 0.6) is 11.5 Å². The maximum Gasteiger partial charge on any atom is 0.322 e. The molecule has 1 aromatic rings. The molecule has 16 heavy (non-hydrogen) atoms. The Hall–Kier alpha value is -1.75. The number of aromatic hydroxyl groups is 1. The van der Waals surface area contributed by atoms with Crippen molar-refractivity contribution in [2.45, 2.75) is 12.5 Å². The summed E-state index contributed by atoms with van der Waals surface area (Å²) in [5.74, 6) is 0.0989. The fourth-order valence-electron chi connectivity index (χ4n) is 1.31. The number of hydrogen-bond donors (Lipinski definition) is 2. The van der Waals surface area contributed by atoms with E-state index in [1.807, 2.05) is 0 Å². The van der Waals surface area contributed by atoms with Crippen LogP contribution in [0, 0.1) is 0 Å². The molecule has 0 aliphatic rings. The molecule has 5 heteroatoms. The first-order valence-electron chi connectivity index (χ1n) is 4.77. The first kappa shape index (κ1) is 12.3. The molecule has 1 atom stereocenters.